The molecule has 0 bridgehead atoms. The third kappa shape index (κ3) is 7.32. The minimum absolute atomic E-state index is 0.0809. The van der Waals surface area contributed by atoms with Gasteiger partial charge in [-0.3, -0.25) is 9.59 Å². The number of hydrogen-bond acceptors (Lipinski definition) is 6. The maximum atomic E-state index is 13.8. The predicted molar refractivity (Wildman–Crippen MR) is 160 cm³/mol. The lowest BCUT2D eigenvalue weighted by Crippen LogP contribution is -2.49. The van der Waals surface area contributed by atoms with E-state index in [1.54, 1.807) is 47.4 Å². The van der Waals surface area contributed by atoms with E-state index in [1.165, 1.54) is 10.4 Å². The molecule has 0 unspecified atom stereocenters. The lowest BCUT2D eigenvalue weighted by atomic mass is 10.00. The van der Waals surface area contributed by atoms with Gasteiger partial charge in [-0.25, -0.2) is 12.7 Å². The van der Waals surface area contributed by atoms with E-state index in [-0.39, 0.29) is 17.2 Å². The number of nitrogens with one attached hydrogen (secondary N) is 2. The Bertz CT molecular complexity index is 1480. The second-order valence-electron chi connectivity index (χ2n) is 10.8. The number of benzene rings is 3. The fraction of sp³-hybridized carbons (Fsp3) is 0.355. The van der Waals surface area contributed by atoms with E-state index in [4.69, 9.17) is 0 Å². The zero-order valence-electron chi connectivity index (χ0n) is 23.1. The number of carbonyl (C=O) groups excluding carboxylic acids is 2. The van der Waals surface area contributed by atoms with Gasteiger partial charge in [0.05, 0.1) is 29.8 Å². The van der Waals surface area contributed by atoms with E-state index in [1.807, 2.05) is 30.3 Å². The molecule has 3 aromatic rings. The van der Waals surface area contributed by atoms with Gasteiger partial charge in [-0.15, -0.1) is 0 Å². The molecule has 2 fully saturated rings. The van der Waals surface area contributed by atoms with Crippen molar-refractivity contribution in [2.45, 2.75) is 50.3 Å². The van der Waals surface area contributed by atoms with E-state index >= 15 is 0 Å². The van der Waals surface area contributed by atoms with Crippen LogP contribution < -0.4 is 19.8 Å². The quantitative estimate of drug-likeness (QED) is 0.304. The first-order chi connectivity index (χ1) is 19.7. The lowest BCUT2D eigenvalue weighted by Gasteiger charge is -2.27. The molecule has 1 saturated carbocycles. The van der Waals surface area contributed by atoms with Crippen molar-refractivity contribution in [2.75, 3.05) is 28.6 Å². The molecule has 1 aliphatic heterocycles. The van der Waals surface area contributed by atoms with Crippen LogP contribution in [0.5, 0.6) is 0 Å². The summed E-state index contributed by atoms with van der Waals surface area (Å²) in [5.74, 6) is -0.546. The molecule has 10 heteroatoms. The molecule has 1 aliphatic carbocycles. The minimum Gasteiger partial charge on any atom is -0.390 e. The summed E-state index contributed by atoms with van der Waals surface area (Å²) >= 11 is 0. The van der Waals surface area contributed by atoms with Crippen LogP contribution in [0.2, 0.25) is 0 Å². The van der Waals surface area contributed by atoms with Crippen molar-refractivity contribution in [1.82, 2.24) is 10.6 Å². The molecule has 1 saturated heterocycles. The summed E-state index contributed by atoms with van der Waals surface area (Å²) in [7, 11) is -3.80. The van der Waals surface area contributed by atoms with Crippen molar-refractivity contribution in [3.05, 3.63) is 90.0 Å². The molecule has 41 heavy (non-hydrogen) atoms. The van der Waals surface area contributed by atoms with Crippen LogP contribution in [0.15, 0.2) is 78.9 Å². The zero-order chi connectivity index (χ0) is 29.0. The summed E-state index contributed by atoms with van der Waals surface area (Å²) in [5, 5.41) is 17.4. The van der Waals surface area contributed by atoms with Crippen molar-refractivity contribution in [2.24, 2.45) is 0 Å². The van der Waals surface area contributed by atoms with Gasteiger partial charge in [0.25, 0.3) is 5.91 Å². The van der Waals surface area contributed by atoms with E-state index < -0.39 is 28.1 Å². The van der Waals surface area contributed by atoms with Crippen LogP contribution in [0.25, 0.3) is 0 Å². The number of nitrogens with zero attached hydrogens (tertiary/aromatic N) is 2. The monoisotopic (exact) mass is 576 g/mol. The van der Waals surface area contributed by atoms with Crippen molar-refractivity contribution in [3.8, 4) is 0 Å². The molecule has 0 radical (unpaired) electrons. The zero-order valence-corrected chi connectivity index (χ0v) is 23.9. The summed E-state index contributed by atoms with van der Waals surface area (Å²) in [6, 6.07) is 22.8. The van der Waals surface area contributed by atoms with Crippen LogP contribution in [0, 0.1) is 0 Å². The number of sulfonamides is 1. The number of carbonyl (C=O) groups is 2. The average Bonchev–Trinajstić information content (AvgIpc) is 3.69. The van der Waals surface area contributed by atoms with Gasteiger partial charge in [-0.05, 0) is 61.6 Å². The van der Waals surface area contributed by atoms with Gasteiger partial charge in [0.15, 0.2) is 0 Å². The maximum absolute atomic E-state index is 13.8. The highest BCUT2D eigenvalue weighted by Gasteiger charge is 2.29. The third-order valence-corrected chi connectivity index (χ3v) is 8.46. The standard InChI is InChI=1S/C31H36N4O5S/c1-41(39,40)35(25-11-6-3-7-12-25)27-19-23(18-26(20-27)34-16-8-13-30(34)37)31(38)33-28(17-22-9-4-2-5-10-22)29(36)21-32-24-14-15-24/h2-7,9-12,18-20,24,28-29,32,36H,8,13-17,21H2,1H3,(H,33,38)/t28-,29+/m0/s1. The highest BCUT2D eigenvalue weighted by molar-refractivity contribution is 7.92. The van der Waals surface area contributed by atoms with E-state index in [0.717, 1.165) is 24.7 Å². The molecule has 0 aromatic heterocycles. The molecular formula is C31H36N4O5S. The second kappa shape index (κ2) is 12.4. The van der Waals surface area contributed by atoms with Crippen LogP contribution in [0.1, 0.15) is 41.6 Å². The average molecular weight is 577 g/mol. The number of rotatable bonds is 12. The number of hydrogen-bond donors (Lipinski definition) is 3. The van der Waals surface area contributed by atoms with Crippen molar-refractivity contribution in [1.29, 1.82) is 0 Å². The molecule has 3 aromatic carbocycles. The van der Waals surface area contributed by atoms with Gasteiger partial charge < -0.3 is 20.6 Å². The molecule has 2 amide bonds. The number of para-hydroxylation sites is 1. The van der Waals surface area contributed by atoms with Gasteiger partial charge in [0.2, 0.25) is 15.9 Å². The van der Waals surface area contributed by atoms with E-state index in [9.17, 15) is 23.1 Å². The predicted octanol–water partition coefficient (Wildman–Crippen LogP) is 3.37. The molecule has 0 spiro atoms. The molecule has 2 aliphatic rings. The fourth-order valence-electron chi connectivity index (χ4n) is 5.14. The lowest BCUT2D eigenvalue weighted by molar-refractivity contribution is -0.117. The number of aliphatic hydroxyl groups is 1. The number of anilines is 3. The van der Waals surface area contributed by atoms with Gasteiger partial charge in [-0.1, -0.05) is 48.5 Å². The number of aliphatic hydroxyl groups excluding tert-OH is 1. The molecule has 9 nitrogen and oxygen atoms in total. The van der Waals surface area contributed by atoms with Crippen molar-refractivity contribution >= 4 is 38.9 Å². The first-order valence-electron chi connectivity index (χ1n) is 14.0. The molecule has 2 atom stereocenters. The SMILES string of the molecule is CS(=O)(=O)N(c1ccccc1)c1cc(C(=O)N[C@@H](Cc2ccccc2)[C@H](O)CNC2CC2)cc(N2CCCC2=O)c1. The van der Waals surface area contributed by atoms with Gasteiger partial charge in [-0.2, -0.15) is 0 Å². The first-order valence-corrected chi connectivity index (χ1v) is 15.8. The van der Waals surface area contributed by atoms with Crippen LogP contribution in [-0.4, -0.2) is 62.9 Å². The highest BCUT2D eigenvalue weighted by Crippen LogP contribution is 2.34. The van der Waals surface area contributed by atoms with Crippen LogP contribution in [-0.2, 0) is 21.2 Å². The summed E-state index contributed by atoms with van der Waals surface area (Å²) in [6.07, 6.45) is 3.89. The largest absolute Gasteiger partial charge is 0.390 e. The molecule has 5 rings (SSSR count). The van der Waals surface area contributed by atoms with Gasteiger partial charge in [0.1, 0.15) is 0 Å². The molecule has 216 valence electrons. The third-order valence-electron chi connectivity index (χ3n) is 7.38. The van der Waals surface area contributed by atoms with Gasteiger partial charge in [0, 0.05) is 36.8 Å². The minimum atomic E-state index is -3.80. The van der Waals surface area contributed by atoms with E-state index in [2.05, 4.69) is 10.6 Å². The summed E-state index contributed by atoms with van der Waals surface area (Å²) in [5.41, 5.74) is 2.27. The second-order valence-corrected chi connectivity index (χ2v) is 12.6. The van der Waals surface area contributed by atoms with Crippen LogP contribution in [0.3, 0.4) is 0 Å². The van der Waals surface area contributed by atoms with Crippen molar-refractivity contribution in [3.63, 3.8) is 0 Å². The Morgan fingerprint density at radius 3 is 2.32 bits per heavy atom. The highest BCUT2D eigenvalue weighted by atomic mass is 32.2. The molecule has 3 N–H and O–H groups in total. The smallest absolute Gasteiger partial charge is 0.251 e. The summed E-state index contributed by atoms with van der Waals surface area (Å²) in [4.78, 5) is 28.0. The maximum Gasteiger partial charge on any atom is 0.251 e. The summed E-state index contributed by atoms with van der Waals surface area (Å²) < 4.78 is 27.2. The van der Waals surface area contributed by atoms with Crippen LogP contribution in [0.4, 0.5) is 17.1 Å². The Morgan fingerprint density at radius 1 is 1.02 bits per heavy atom. The first kappa shape index (κ1) is 28.8. The van der Waals surface area contributed by atoms with E-state index in [0.29, 0.717) is 49.8 Å². The molecule has 1 heterocycles. The Balaban J connectivity index is 1.50. The van der Waals surface area contributed by atoms with Gasteiger partial charge >= 0.3 is 0 Å². The number of amides is 2. The topological polar surface area (TPSA) is 119 Å². The fourth-order valence-corrected chi connectivity index (χ4v) is 6.13. The Kier molecular flexibility index (Phi) is 8.72. The Morgan fingerprint density at radius 2 is 1.71 bits per heavy atom. The molecular weight excluding hydrogens is 540 g/mol. The summed E-state index contributed by atoms with van der Waals surface area (Å²) in [6.45, 7) is 0.821. The normalized spacial score (nSPS) is 16.8. The Hall–Kier alpha value is -3.73. The van der Waals surface area contributed by atoms with Crippen LogP contribution >= 0.6 is 0 Å². The Labute approximate surface area is 241 Å². The van der Waals surface area contributed by atoms with Crippen molar-refractivity contribution < 1.29 is 23.1 Å².